The number of benzene rings is 1. The number of hydrogen-bond acceptors (Lipinski definition) is 4. The van der Waals surface area contributed by atoms with Crippen molar-refractivity contribution in [3.05, 3.63) is 27.7 Å². The molecule has 122 valence electrons. The van der Waals surface area contributed by atoms with Crippen LogP contribution < -0.4 is 5.32 Å². The highest BCUT2D eigenvalue weighted by atomic mass is 79.9. The Labute approximate surface area is 140 Å². The third kappa shape index (κ3) is 3.70. The average molecular weight is 389 g/mol. The van der Waals surface area contributed by atoms with Crippen LogP contribution in [-0.2, 0) is 9.84 Å². The standard InChI is InChI=1S/C15H21BrN2O3S/c1-10-12(7-11(8-13(10)16)22(4,20)21)14(19)18-6-5-17-15(2,3)9-18/h7-8,17H,5-6,9H2,1-4H3. The average Bonchev–Trinajstić information content (AvgIpc) is 2.38. The van der Waals surface area contributed by atoms with Gasteiger partial charge in [-0.25, -0.2) is 8.42 Å². The molecule has 0 radical (unpaired) electrons. The molecule has 1 N–H and O–H groups in total. The van der Waals surface area contributed by atoms with Gasteiger partial charge in [-0.15, -0.1) is 0 Å². The SMILES string of the molecule is Cc1c(Br)cc(S(C)(=O)=O)cc1C(=O)N1CCNC(C)(C)C1. The maximum Gasteiger partial charge on any atom is 0.254 e. The van der Waals surface area contributed by atoms with Crippen LogP contribution in [0.5, 0.6) is 0 Å². The summed E-state index contributed by atoms with van der Waals surface area (Å²) in [6.07, 6.45) is 1.15. The maximum atomic E-state index is 12.8. The molecule has 0 aromatic heterocycles. The van der Waals surface area contributed by atoms with Crippen molar-refractivity contribution in [2.24, 2.45) is 0 Å². The smallest absolute Gasteiger partial charge is 0.254 e. The van der Waals surface area contributed by atoms with Crippen LogP contribution in [0.25, 0.3) is 0 Å². The van der Waals surface area contributed by atoms with Crippen LogP contribution in [0.1, 0.15) is 29.8 Å². The normalized spacial score (nSPS) is 18.3. The Kier molecular flexibility index (Phi) is 4.71. The number of carbonyl (C=O) groups is 1. The van der Waals surface area contributed by atoms with Crippen LogP contribution in [-0.4, -0.2) is 50.7 Å². The van der Waals surface area contributed by atoms with Gasteiger partial charge in [0.15, 0.2) is 9.84 Å². The highest BCUT2D eigenvalue weighted by Gasteiger charge is 2.30. The van der Waals surface area contributed by atoms with Crippen LogP contribution in [0, 0.1) is 6.92 Å². The van der Waals surface area contributed by atoms with Crippen LogP contribution in [0.15, 0.2) is 21.5 Å². The van der Waals surface area contributed by atoms with Crippen LogP contribution in [0.4, 0.5) is 0 Å². The molecular formula is C15H21BrN2O3S. The first-order valence-corrected chi connectivity index (χ1v) is 9.74. The van der Waals surface area contributed by atoms with Gasteiger partial charge in [0.2, 0.25) is 0 Å². The number of piperazine rings is 1. The van der Waals surface area contributed by atoms with Crippen molar-refractivity contribution in [1.29, 1.82) is 0 Å². The van der Waals surface area contributed by atoms with E-state index in [1.54, 1.807) is 11.0 Å². The van der Waals surface area contributed by atoms with Crippen molar-refractivity contribution < 1.29 is 13.2 Å². The van der Waals surface area contributed by atoms with Crippen molar-refractivity contribution in [2.45, 2.75) is 31.2 Å². The predicted molar refractivity (Wildman–Crippen MR) is 90.0 cm³/mol. The lowest BCUT2D eigenvalue weighted by Gasteiger charge is -2.39. The highest BCUT2D eigenvalue weighted by molar-refractivity contribution is 9.10. The summed E-state index contributed by atoms with van der Waals surface area (Å²) in [5, 5.41) is 3.36. The van der Waals surface area contributed by atoms with E-state index in [-0.39, 0.29) is 16.3 Å². The Morgan fingerprint density at radius 2 is 2.00 bits per heavy atom. The molecule has 1 aromatic carbocycles. The lowest BCUT2D eigenvalue weighted by Crippen LogP contribution is -2.58. The summed E-state index contributed by atoms with van der Waals surface area (Å²) < 4.78 is 24.2. The van der Waals surface area contributed by atoms with Crippen molar-refractivity contribution in [1.82, 2.24) is 10.2 Å². The number of rotatable bonds is 2. The van der Waals surface area contributed by atoms with E-state index in [0.717, 1.165) is 18.4 Å². The number of halogens is 1. The number of sulfone groups is 1. The van der Waals surface area contributed by atoms with Crippen LogP contribution in [0.2, 0.25) is 0 Å². The maximum absolute atomic E-state index is 12.8. The molecule has 1 aromatic rings. The second-order valence-electron chi connectivity index (χ2n) is 6.39. The molecule has 0 bridgehead atoms. The molecule has 1 aliphatic rings. The molecular weight excluding hydrogens is 368 g/mol. The molecule has 1 fully saturated rings. The summed E-state index contributed by atoms with van der Waals surface area (Å²) in [4.78, 5) is 14.8. The Hall–Kier alpha value is -0.920. The third-order valence-electron chi connectivity index (χ3n) is 3.84. The molecule has 1 aliphatic heterocycles. The second-order valence-corrected chi connectivity index (χ2v) is 9.26. The second kappa shape index (κ2) is 5.94. The Bertz CT molecular complexity index is 714. The van der Waals surface area contributed by atoms with Gasteiger partial charge in [-0.2, -0.15) is 0 Å². The van der Waals surface area contributed by atoms with Crippen molar-refractivity contribution in [2.75, 3.05) is 25.9 Å². The van der Waals surface area contributed by atoms with Gasteiger partial charge in [0.05, 0.1) is 4.90 Å². The van der Waals surface area contributed by atoms with E-state index in [9.17, 15) is 13.2 Å². The minimum Gasteiger partial charge on any atom is -0.336 e. The zero-order chi connectivity index (χ0) is 16.7. The van der Waals surface area contributed by atoms with E-state index < -0.39 is 9.84 Å². The summed E-state index contributed by atoms with van der Waals surface area (Å²) in [7, 11) is -3.36. The molecule has 22 heavy (non-hydrogen) atoms. The summed E-state index contributed by atoms with van der Waals surface area (Å²) in [5.74, 6) is -0.127. The van der Waals surface area contributed by atoms with Gasteiger partial charge in [0.1, 0.15) is 0 Å². The minimum absolute atomic E-state index is 0.127. The van der Waals surface area contributed by atoms with Crippen molar-refractivity contribution in [3.63, 3.8) is 0 Å². The van der Waals surface area contributed by atoms with E-state index in [1.165, 1.54) is 6.07 Å². The first kappa shape index (κ1) is 17.4. The van der Waals surface area contributed by atoms with Gasteiger partial charge in [0.25, 0.3) is 5.91 Å². The van der Waals surface area contributed by atoms with E-state index in [2.05, 4.69) is 21.2 Å². The molecule has 0 unspecified atom stereocenters. The lowest BCUT2D eigenvalue weighted by atomic mass is 10.0. The summed E-state index contributed by atoms with van der Waals surface area (Å²) >= 11 is 3.36. The van der Waals surface area contributed by atoms with Gasteiger partial charge in [-0.3, -0.25) is 4.79 Å². The molecule has 0 spiro atoms. The molecule has 5 nitrogen and oxygen atoms in total. The Balaban J connectivity index is 2.43. The Morgan fingerprint density at radius 3 is 2.55 bits per heavy atom. The number of nitrogens with one attached hydrogen (secondary N) is 1. The highest BCUT2D eigenvalue weighted by Crippen LogP contribution is 2.26. The molecule has 0 aliphatic carbocycles. The first-order valence-electron chi connectivity index (χ1n) is 7.06. The molecule has 1 amide bonds. The predicted octanol–water partition coefficient (Wildman–Crippen LogP) is 1.99. The van der Waals surface area contributed by atoms with Crippen molar-refractivity contribution in [3.8, 4) is 0 Å². The summed E-state index contributed by atoms with van der Waals surface area (Å²) in [6, 6.07) is 3.02. The molecule has 0 saturated carbocycles. The quantitative estimate of drug-likeness (QED) is 0.840. The molecule has 0 atom stereocenters. The number of hydrogen-bond donors (Lipinski definition) is 1. The first-order chi connectivity index (χ1) is 10.0. The number of carbonyl (C=O) groups excluding carboxylic acids is 1. The molecule has 7 heteroatoms. The van der Waals surface area contributed by atoms with Gasteiger partial charge in [0, 0.05) is 41.5 Å². The minimum atomic E-state index is -3.36. The fraction of sp³-hybridized carbons (Fsp3) is 0.533. The third-order valence-corrected chi connectivity index (χ3v) is 5.75. The zero-order valence-corrected chi connectivity index (χ0v) is 15.6. The fourth-order valence-electron chi connectivity index (χ4n) is 2.58. The summed E-state index contributed by atoms with van der Waals surface area (Å²) in [5.41, 5.74) is 1.05. The van der Waals surface area contributed by atoms with Crippen molar-refractivity contribution >= 4 is 31.7 Å². The molecule has 1 saturated heterocycles. The van der Waals surface area contributed by atoms with E-state index in [0.29, 0.717) is 23.1 Å². The van der Waals surface area contributed by atoms with Gasteiger partial charge in [-0.05, 0) is 38.5 Å². The molecule has 2 rings (SSSR count). The fourth-order valence-corrected chi connectivity index (χ4v) is 3.85. The lowest BCUT2D eigenvalue weighted by molar-refractivity contribution is 0.0651. The van der Waals surface area contributed by atoms with Gasteiger partial charge in [-0.1, -0.05) is 15.9 Å². The zero-order valence-electron chi connectivity index (χ0n) is 13.2. The van der Waals surface area contributed by atoms with Crippen LogP contribution >= 0.6 is 15.9 Å². The van der Waals surface area contributed by atoms with E-state index in [1.807, 2.05) is 20.8 Å². The number of amides is 1. The largest absolute Gasteiger partial charge is 0.336 e. The Morgan fingerprint density at radius 1 is 1.36 bits per heavy atom. The molecule has 1 heterocycles. The topological polar surface area (TPSA) is 66.5 Å². The summed E-state index contributed by atoms with van der Waals surface area (Å²) in [6.45, 7) is 7.83. The van der Waals surface area contributed by atoms with E-state index in [4.69, 9.17) is 0 Å². The van der Waals surface area contributed by atoms with Gasteiger partial charge < -0.3 is 10.2 Å². The monoisotopic (exact) mass is 388 g/mol. The van der Waals surface area contributed by atoms with Crippen LogP contribution in [0.3, 0.4) is 0 Å². The van der Waals surface area contributed by atoms with E-state index >= 15 is 0 Å². The van der Waals surface area contributed by atoms with Gasteiger partial charge >= 0.3 is 0 Å². The number of nitrogens with zero attached hydrogens (tertiary/aromatic N) is 1.